The minimum atomic E-state index is -0.472. The number of nitrogens with two attached hydrogens (primary N) is 1. The molecule has 0 heterocycles. The molecule has 1 aromatic carbocycles. The second-order valence-electron chi connectivity index (χ2n) is 4.54. The van der Waals surface area contributed by atoms with E-state index >= 15 is 0 Å². The van der Waals surface area contributed by atoms with Gasteiger partial charge in [0.1, 0.15) is 5.75 Å². The SMILES string of the molecule is Cl.N[C@H](c1cc(I)c(O)c(I)c1)[C@@H](O)C1CCC1. The molecule has 1 saturated carbocycles. The average Bonchev–Trinajstić information content (AvgIpc) is 2.21. The van der Waals surface area contributed by atoms with Gasteiger partial charge in [-0.25, -0.2) is 0 Å². The predicted octanol–water partition coefficient (Wildman–Crippen LogP) is 3.18. The molecular formula is C12H16ClI2NO2. The topological polar surface area (TPSA) is 66.5 Å². The van der Waals surface area contributed by atoms with E-state index in [-0.39, 0.29) is 18.4 Å². The third-order valence-electron chi connectivity index (χ3n) is 3.42. The number of hydrogen-bond acceptors (Lipinski definition) is 3. The van der Waals surface area contributed by atoms with E-state index in [1.807, 2.05) is 12.1 Å². The molecule has 0 bridgehead atoms. The monoisotopic (exact) mass is 495 g/mol. The summed E-state index contributed by atoms with van der Waals surface area (Å²) < 4.78 is 1.56. The molecule has 1 aromatic rings. The smallest absolute Gasteiger partial charge is 0.142 e. The Kier molecular flexibility index (Phi) is 6.43. The standard InChI is InChI=1S/C12H15I2NO2.ClH/c13-8-4-7(5-9(14)12(8)17)10(15)11(16)6-2-1-3-6;/h4-6,10-11,16-17H,1-3,15H2;1H/t10-,11+;/m1./s1. The van der Waals surface area contributed by atoms with Gasteiger partial charge in [0.05, 0.1) is 19.3 Å². The van der Waals surface area contributed by atoms with E-state index in [9.17, 15) is 10.2 Å². The Hall–Kier alpha value is 0.690. The molecule has 0 unspecified atom stereocenters. The van der Waals surface area contributed by atoms with E-state index < -0.39 is 6.10 Å². The lowest BCUT2D eigenvalue weighted by atomic mass is 9.77. The fourth-order valence-electron chi connectivity index (χ4n) is 2.05. The highest BCUT2D eigenvalue weighted by Gasteiger charge is 2.31. The molecule has 0 radical (unpaired) electrons. The van der Waals surface area contributed by atoms with Crippen LogP contribution in [0.1, 0.15) is 30.9 Å². The zero-order valence-corrected chi connectivity index (χ0v) is 14.8. The van der Waals surface area contributed by atoms with E-state index in [0.29, 0.717) is 11.7 Å². The zero-order chi connectivity index (χ0) is 12.6. The molecule has 6 heteroatoms. The number of benzene rings is 1. The quantitative estimate of drug-likeness (QED) is 0.565. The number of phenols is 1. The zero-order valence-electron chi connectivity index (χ0n) is 9.64. The van der Waals surface area contributed by atoms with Crippen LogP contribution in [-0.4, -0.2) is 16.3 Å². The predicted molar refractivity (Wildman–Crippen MR) is 91.1 cm³/mol. The van der Waals surface area contributed by atoms with Crippen molar-refractivity contribution in [3.05, 3.63) is 24.8 Å². The summed E-state index contributed by atoms with van der Waals surface area (Å²) in [6.45, 7) is 0. The van der Waals surface area contributed by atoms with Crippen molar-refractivity contribution in [2.24, 2.45) is 11.7 Å². The third kappa shape index (κ3) is 3.41. The van der Waals surface area contributed by atoms with Crippen molar-refractivity contribution in [2.45, 2.75) is 31.4 Å². The van der Waals surface area contributed by atoms with Crippen LogP contribution >= 0.6 is 57.6 Å². The largest absolute Gasteiger partial charge is 0.506 e. The number of phenolic OH excluding ortho intramolecular Hbond substituents is 1. The fraction of sp³-hybridized carbons (Fsp3) is 0.500. The number of aromatic hydroxyl groups is 1. The Labute approximate surface area is 140 Å². The second kappa shape index (κ2) is 6.92. The van der Waals surface area contributed by atoms with E-state index in [1.165, 1.54) is 6.42 Å². The first-order valence-electron chi connectivity index (χ1n) is 5.62. The van der Waals surface area contributed by atoms with Crippen molar-refractivity contribution < 1.29 is 10.2 Å². The van der Waals surface area contributed by atoms with Crippen molar-refractivity contribution in [1.82, 2.24) is 0 Å². The van der Waals surface area contributed by atoms with Crippen molar-refractivity contribution >= 4 is 57.6 Å². The number of aliphatic hydroxyl groups is 1. The van der Waals surface area contributed by atoms with Gasteiger partial charge < -0.3 is 15.9 Å². The molecule has 0 saturated heterocycles. The molecular weight excluding hydrogens is 479 g/mol. The van der Waals surface area contributed by atoms with E-state index in [4.69, 9.17) is 5.73 Å². The number of aliphatic hydroxyl groups excluding tert-OH is 1. The van der Waals surface area contributed by atoms with Gasteiger partial charge in [0.2, 0.25) is 0 Å². The highest BCUT2D eigenvalue weighted by atomic mass is 127. The molecule has 0 aromatic heterocycles. The molecule has 2 atom stereocenters. The van der Waals surface area contributed by atoms with Crippen LogP contribution in [0, 0.1) is 13.1 Å². The summed E-state index contributed by atoms with van der Waals surface area (Å²) in [6.07, 6.45) is 2.86. The van der Waals surface area contributed by atoms with Gasteiger partial charge in [0.15, 0.2) is 0 Å². The van der Waals surface area contributed by atoms with Gasteiger partial charge >= 0.3 is 0 Å². The average molecular weight is 496 g/mol. The lowest BCUT2D eigenvalue weighted by molar-refractivity contribution is 0.0413. The number of hydrogen-bond donors (Lipinski definition) is 3. The van der Waals surface area contributed by atoms with Crippen LogP contribution in [0.5, 0.6) is 5.75 Å². The normalized spacial score (nSPS) is 18.7. The first kappa shape index (κ1) is 16.7. The summed E-state index contributed by atoms with van der Waals surface area (Å²) >= 11 is 4.16. The van der Waals surface area contributed by atoms with Crippen LogP contribution in [0.4, 0.5) is 0 Å². The summed E-state index contributed by atoms with van der Waals surface area (Å²) in [7, 11) is 0. The number of rotatable bonds is 3. The molecule has 1 fully saturated rings. The van der Waals surface area contributed by atoms with Crippen LogP contribution < -0.4 is 5.73 Å². The Bertz CT molecular complexity index is 404. The molecule has 1 aliphatic carbocycles. The molecule has 1 aliphatic rings. The Balaban J connectivity index is 0.00000162. The van der Waals surface area contributed by atoms with Crippen molar-refractivity contribution in [1.29, 1.82) is 0 Å². The molecule has 0 aliphatic heterocycles. The van der Waals surface area contributed by atoms with Gasteiger partial charge in [-0.1, -0.05) is 6.42 Å². The molecule has 2 rings (SSSR count). The van der Waals surface area contributed by atoms with Crippen LogP contribution in [-0.2, 0) is 0 Å². The van der Waals surface area contributed by atoms with Crippen molar-refractivity contribution in [2.75, 3.05) is 0 Å². The summed E-state index contributed by atoms with van der Waals surface area (Å²) in [6, 6.07) is 3.35. The first-order valence-corrected chi connectivity index (χ1v) is 7.78. The maximum atomic E-state index is 10.1. The highest BCUT2D eigenvalue weighted by Crippen LogP contribution is 2.36. The van der Waals surface area contributed by atoms with E-state index in [2.05, 4.69) is 45.2 Å². The third-order valence-corrected chi connectivity index (χ3v) is 5.07. The van der Waals surface area contributed by atoms with Crippen LogP contribution in [0.2, 0.25) is 0 Å². The summed E-state index contributed by atoms with van der Waals surface area (Å²) in [5, 5.41) is 19.8. The Morgan fingerprint density at radius 3 is 2.11 bits per heavy atom. The van der Waals surface area contributed by atoms with Crippen molar-refractivity contribution in [3.63, 3.8) is 0 Å². The van der Waals surface area contributed by atoms with E-state index in [0.717, 1.165) is 25.5 Å². The van der Waals surface area contributed by atoms with Gasteiger partial charge in [0.25, 0.3) is 0 Å². The second-order valence-corrected chi connectivity index (χ2v) is 6.86. The van der Waals surface area contributed by atoms with Gasteiger partial charge in [-0.2, -0.15) is 0 Å². The van der Waals surface area contributed by atoms with Gasteiger partial charge in [-0.3, -0.25) is 0 Å². The van der Waals surface area contributed by atoms with E-state index in [1.54, 1.807) is 0 Å². The Morgan fingerprint density at radius 1 is 1.22 bits per heavy atom. The lowest BCUT2D eigenvalue weighted by Crippen LogP contribution is -2.36. The first-order chi connectivity index (χ1) is 8.00. The minimum Gasteiger partial charge on any atom is -0.506 e. The summed E-state index contributed by atoms with van der Waals surface area (Å²) in [5.74, 6) is 0.634. The Morgan fingerprint density at radius 2 is 1.72 bits per heavy atom. The fourth-order valence-corrected chi connectivity index (χ4v) is 3.87. The molecule has 4 N–H and O–H groups in total. The van der Waals surface area contributed by atoms with Gasteiger partial charge in [0, 0.05) is 0 Å². The summed E-state index contributed by atoms with van der Waals surface area (Å²) in [5.41, 5.74) is 7.00. The van der Waals surface area contributed by atoms with Crippen LogP contribution in [0.3, 0.4) is 0 Å². The maximum absolute atomic E-state index is 10.1. The molecule has 0 amide bonds. The summed E-state index contributed by atoms with van der Waals surface area (Å²) in [4.78, 5) is 0. The lowest BCUT2D eigenvalue weighted by Gasteiger charge is -2.34. The maximum Gasteiger partial charge on any atom is 0.142 e. The van der Waals surface area contributed by atoms with Gasteiger partial charge in [-0.05, 0) is 81.6 Å². The van der Waals surface area contributed by atoms with Gasteiger partial charge in [-0.15, -0.1) is 12.4 Å². The van der Waals surface area contributed by atoms with Crippen LogP contribution in [0.15, 0.2) is 12.1 Å². The molecule has 18 heavy (non-hydrogen) atoms. The van der Waals surface area contributed by atoms with Crippen molar-refractivity contribution in [3.8, 4) is 5.75 Å². The number of halogens is 3. The molecule has 0 spiro atoms. The highest BCUT2D eigenvalue weighted by molar-refractivity contribution is 14.1. The molecule has 102 valence electrons. The minimum absolute atomic E-state index is 0. The molecule has 3 nitrogen and oxygen atoms in total. The van der Waals surface area contributed by atoms with Crippen LogP contribution in [0.25, 0.3) is 0 Å².